The Hall–Kier alpha value is -1.80. The Morgan fingerprint density at radius 2 is 1.90 bits per heavy atom. The topological polar surface area (TPSA) is 26.3 Å². The van der Waals surface area contributed by atoms with E-state index in [4.69, 9.17) is 16.3 Å². The molecule has 0 N–H and O–H groups in total. The van der Waals surface area contributed by atoms with Gasteiger partial charge in [-0.05, 0) is 43.2 Å². The highest BCUT2D eigenvalue weighted by molar-refractivity contribution is 6.31. The molecular weight excluding hydrogens is 272 g/mol. The van der Waals surface area contributed by atoms with Crippen molar-refractivity contribution in [3.8, 4) is 5.75 Å². The van der Waals surface area contributed by atoms with Gasteiger partial charge in [-0.25, -0.2) is 0 Å². The Kier molecular flexibility index (Phi) is 4.80. The van der Waals surface area contributed by atoms with Gasteiger partial charge in [0.25, 0.3) is 0 Å². The molecular formula is C17H17ClO2. The van der Waals surface area contributed by atoms with E-state index in [1.165, 1.54) is 0 Å². The molecule has 2 aromatic rings. The van der Waals surface area contributed by atoms with E-state index >= 15 is 0 Å². The maximum Gasteiger partial charge on any atom is 0.160 e. The number of Topliss-reactive ketones (excluding diaryl/α,β-unsaturated/α-hetero) is 1. The van der Waals surface area contributed by atoms with Gasteiger partial charge in [0.05, 0.1) is 0 Å². The summed E-state index contributed by atoms with van der Waals surface area (Å²) in [5, 5.41) is 0.698. The molecule has 0 aliphatic heterocycles. The van der Waals surface area contributed by atoms with E-state index < -0.39 is 0 Å². The Balaban J connectivity index is 2.15. The number of ketones is 1. The first kappa shape index (κ1) is 14.6. The van der Waals surface area contributed by atoms with E-state index in [1.807, 2.05) is 49.4 Å². The van der Waals surface area contributed by atoms with Crippen molar-refractivity contribution in [1.82, 2.24) is 0 Å². The standard InChI is InChI=1S/C17H17ClO2/c1-3-13-10-15(8-9-16(13)12(2)19)20-11-14-6-4-5-7-17(14)18/h4-10H,3,11H2,1-2H3. The van der Waals surface area contributed by atoms with Crippen molar-refractivity contribution in [2.45, 2.75) is 26.9 Å². The fourth-order valence-corrected chi connectivity index (χ4v) is 2.26. The molecule has 0 atom stereocenters. The van der Waals surface area contributed by atoms with Gasteiger partial charge in [0.1, 0.15) is 12.4 Å². The predicted molar refractivity (Wildman–Crippen MR) is 81.6 cm³/mol. The summed E-state index contributed by atoms with van der Waals surface area (Å²) in [6.45, 7) is 4.03. The number of halogens is 1. The first-order valence-corrected chi connectivity index (χ1v) is 6.99. The fourth-order valence-electron chi connectivity index (χ4n) is 2.07. The summed E-state index contributed by atoms with van der Waals surface area (Å²) >= 11 is 6.09. The van der Waals surface area contributed by atoms with E-state index in [-0.39, 0.29) is 5.78 Å². The minimum absolute atomic E-state index is 0.0829. The molecule has 0 unspecified atom stereocenters. The highest BCUT2D eigenvalue weighted by Crippen LogP contribution is 2.22. The van der Waals surface area contributed by atoms with Crippen molar-refractivity contribution in [3.63, 3.8) is 0 Å². The molecule has 0 fully saturated rings. The maximum absolute atomic E-state index is 11.5. The van der Waals surface area contributed by atoms with Crippen LogP contribution in [0.4, 0.5) is 0 Å². The fraction of sp³-hybridized carbons (Fsp3) is 0.235. The quantitative estimate of drug-likeness (QED) is 0.747. The van der Waals surface area contributed by atoms with Crippen LogP contribution in [0, 0.1) is 0 Å². The van der Waals surface area contributed by atoms with Gasteiger partial charge in [0.15, 0.2) is 5.78 Å². The summed E-state index contributed by atoms with van der Waals surface area (Å²) in [7, 11) is 0. The van der Waals surface area contributed by atoms with Crippen molar-refractivity contribution in [2.24, 2.45) is 0 Å². The summed E-state index contributed by atoms with van der Waals surface area (Å²) in [5.74, 6) is 0.839. The minimum atomic E-state index is 0.0829. The molecule has 0 saturated heterocycles. The number of benzene rings is 2. The summed E-state index contributed by atoms with van der Waals surface area (Å²) in [4.78, 5) is 11.5. The smallest absolute Gasteiger partial charge is 0.160 e. The number of hydrogen-bond donors (Lipinski definition) is 0. The highest BCUT2D eigenvalue weighted by atomic mass is 35.5. The monoisotopic (exact) mass is 288 g/mol. The van der Waals surface area contributed by atoms with Crippen molar-refractivity contribution < 1.29 is 9.53 Å². The highest BCUT2D eigenvalue weighted by Gasteiger charge is 2.08. The van der Waals surface area contributed by atoms with E-state index in [0.29, 0.717) is 11.6 Å². The van der Waals surface area contributed by atoms with E-state index in [9.17, 15) is 4.79 Å². The summed E-state index contributed by atoms with van der Waals surface area (Å²) in [6, 6.07) is 13.2. The van der Waals surface area contributed by atoms with Gasteiger partial charge in [-0.2, -0.15) is 0 Å². The van der Waals surface area contributed by atoms with Crippen LogP contribution in [-0.4, -0.2) is 5.78 Å². The summed E-state index contributed by atoms with van der Waals surface area (Å²) < 4.78 is 5.75. The molecule has 0 saturated carbocycles. The van der Waals surface area contributed by atoms with Crippen LogP contribution in [0.1, 0.15) is 35.3 Å². The van der Waals surface area contributed by atoms with Crippen LogP contribution < -0.4 is 4.74 Å². The van der Waals surface area contributed by atoms with Crippen LogP contribution in [0.25, 0.3) is 0 Å². The zero-order valence-corrected chi connectivity index (χ0v) is 12.4. The molecule has 104 valence electrons. The van der Waals surface area contributed by atoms with Crippen LogP contribution in [0.5, 0.6) is 5.75 Å². The molecule has 2 aromatic carbocycles. The molecule has 2 nitrogen and oxygen atoms in total. The van der Waals surface area contributed by atoms with Crippen LogP contribution in [-0.2, 0) is 13.0 Å². The molecule has 2 rings (SSSR count). The molecule has 0 aliphatic carbocycles. The number of rotatable bonds is 5. The lowest BCUT2D eigenvalue weighted by molar-refractivity contribution is 0.101. The normalized spacial score (nSPS) is 10.3. The molecule has 0 radical (unpaired) electrons. The van der Waals surface area contributed by atoms with Crippen molar-refractivity contribution >= 4 is 17.4 Å². The molecule has 0 amide bonds. The number of aryl methyl sites for hydroxylation is 1. The third-order valence-electron chi connectivity index (χ3n) is 3.19. The number of carbonyl (C=O) groups excluding carboxylic acids is 1. The van der Waals surface area contributed by atoms with Gasteiger partial charge < -0.3 is 4.74 Å². The van der Waals surface area contributed by atoms with Gasteiger partial charge in [-0.1, -0.05) is 36.7 Å². The van der Waals surface area contributed by atoms with Crippen molar-refractivity contribution in [1.29, 1.82) is 0 Å². The number of hydrogen-bond acceptors (Lipinski definition) is 2. The van der Waals surface area contributed by atoms with E-state index in [2.05, 4.69) is 0 Å². The van der Waals surface area contributed by atoms with E-state index in [0.717, 1.165) is 28.9 Å². The predicted octanol–water partition coefficient (Wildman–Crippen LogP) is 4.68. The van der Waals surface area contributed by atoms with Crippen LogP contribution in [0.3, 0.4) is 0 Å². The Bertz CT molecular complexity index is 620. The molecule has 20 heavy (non-hydrogen) atoms. The average Bonchev–Trinajstić information content (AvgIpc) is 2.46. The largest absolute Gasteiger partial charge is 0.489 e. The molecule has 0 heterocycles. The maximum atomic E-state index is 11.5. The minimum Gasteiger partial charge on any atom is -0.489 e. The molecule has 0 spiro atoms. The zero-order valence-electron chi connectivity index (χ0n) is 11.7. The van der Waals surface area contributed by atoms with Gasteiger partial charge in [-0.15, -0.1) is 0 Å². The lowest BCUT2D eigenvalue weighted by Gasteiger charge is -2.11. The van der Waals surface area contributed by atoms with Crippen LogP contribution >= 0.6 is 11.6 Å². The molecule has 0 bridgehead atoms. The molecule has 0 aliphatic rings. The SMILES string of the molecule is CCc1cc(OCc2ccccc2Cl)ccc1C(C)=O. The summed E-state index contributed by atoms with van der Waals surface area (Å²) in [5.41, 5.74) is 2.72. The number of carbonyl (C=O) groups is 1. The molecule has 0 aromatic heterocycles. The van der Waals surface area contributed by atoms with Gasteiger partial charge in [-0.3, -0.25) is 4.79 Å². The van der Waals surface area contributed by atoms with E-state index in [1.54, 1.807) is 6.92 Å². The van der Waals surface area contributed by atoms with Gasteiger partial charge in [0, 0.05) is 16.1 Å². The Morgan fingerprint density at radius 3 is 2.55 bits per heavy atom. The van der Waals surface area contributed by atoms with Crippen molar-refractivity contribution in [3.05, 3.63) is 64.2 Å². The van der Waals surface area contributed by atoms with Crippen LogP contribution in [0.2, 0.25) is 5.02 Å². The second kappa shape index (κ2) is 6.58. The Labute approximate surface area is 124 Å². The summed E-state index contributed by atoms with van der Waals surface area (Å²) in [6.07, 6.45) is 0.804. The zero-order chi connectivity index (χ0) is 14.5. The lowest BCUT2D eigenvalue weighted by atomic mass is 10.0. The third kappa shape index (κ3) is 3.40. The number of ether oxygens (including phenoxy) is 1. The second-order valence-electron chi connectivity index (χ2n) is 4.61. The first-order chi connectivity index (χ1) is 9.61. The van der Waals surface area contributed by atoms with Crippen molar-refractivity contribution in [2.75, 3.05) is 0 Å². The van der Waals surface area contributed by atoms with Crippen LogP contribution in [0.15, 0.2) is 42.5 Å². The lowest BCUT2D eigenvalue weighted by Crippen LogP contribution is -2.01. The average molecular weight is 289 g/mol. The first-order valence-electron chi connectivity index (χ1n) is 6.62. The second-order valence-corrected chi connectivity index (χ2v) is 5.02. The molecule has 3 heteroatoms. The van der Waals surface area contributed by atoms with Gasteiger partial charge >= 0.3 is 0 Å². The Morgan fingerprint density at radius 1 is 1.15 bits per heavy atom. The third-order valence-corrected chi connectivity index (χ3v) is 3.56. The van der Waals surface area contributed by atoms with Gasteiger partial charge in [0.2, 0.25) is 0 Å².